The Morgan fingerprint density at radius 2 is 1.90 bits per heavy atom. The molecule has 0 spiro atoms. The van der Waals surface area contributed by atoms with Crippen LogP contribution in [0.25, 0.3) is 0 Å². The molecule has 3 atom stereocenters. The minimum Gasteiger partial charge on any atom is -0.481 e. The number of hydrogen-bond acceptors (Lipinski definition) is 4. The van der Waals surface area contributed by atoms with E-state index in [1.807, 2.05) is 6.92 Å². The average molecular weight is 287 g/mol. The van der Waals surface area contributed by atoms with Gasteiger partial charge >= 0.3 is 5.97 Å². The molecule has 0 aromatic carbocycles. The molecule has 0 saturated heterocycles. The van der Waals surface area contributed by atoms with Crippen LogP contribution in [-0.4, -0.2) is 61.9 Å². The normalized spacial score (nSPS) is 23.6. The van der Waals surface area contributed by atoms with E-state index in [-0.39, 0.29) is 11.9 Å². The van der Waals surface area contributed by atoms with E-state index in [4.69, 9.17) is 9.47 Å². The Balaban J connectivity index is 2.77. The molecular weight excluding hydrogens is 262 g/mol. The lowest BCUT2D eigenvalue weighted by Crippen LogP contribution is -2.47. The molecule has 0 aromatic rings. The summed E-state index contributed by atoms with van der Waals surface area (Å²) in [6.07, 6.45) is 2.03. The van der Waals surface area contributed by atoms with E-state index in [0.29, 0.717) is 32.6 Å². The highest BCUT2D eigenvalue weighted by Crippen LogP contribution is 2.33. The van der Waals surface area contributed by atoms with E-state index in [1.165, 1.54) is 0 Å². The van der Waals surface area contributed by atoms with Gasteiger partial charge in [0.2, 0.25) is 5.91 Å². The zero-order valence-corrected chi connectivity index (χ0v) is 12.5. The molecule has 1 fully saturated rings. The lowest BCUT2D eigenvalue weighted by atomic mass is 9.94. The van der Waals surface area contributed by atoms with Crippen molar-refractivity contribution in [1.29, 1.82) is 0 Å². The van der Waals surface area contributed by atoms with Gasteiger partial charge in [-0.3, -0.25) is 9.59 Å². The zero-order valence-electron chi connectivity index (χ0n) is 12.5. The van der Waals surface area contributed by atoms with Crippen LogP contribution in [0.1, 0.15) is 26.2 Å². The number of methoxy groups -OCH3 is 2. The van der Waals surface area contributed by atoms with Crippen molar-refractivity contribution in [3.63, 3.8) is 0 Å². The molecule has 1 aliphatic carbocycles. The van der Waals surface area contributed by atoms with Crippen LogP contribution >= 0.6 is 0 Å². The zero-order chi connectivity index (χ0) is 15.1. The maximum Gasteiger partial charge on any atom is 0.307 e. The van der Waals surface area contributed by atoms with E-state index >= 15 is 0 Å². The van der Waals surface area contributed by atoms with Crippen molar-refractivity contribution >= 4 is 11.9 Å². The van der Waals surface area contributed by atoms with E-state index in [0.717, 1.165) is 6.42 Å². The topological polar surface area (TPSA) is 76.1 Å². The Labute approximate surface area is 120 Å². The first-order chi connectivity index (χ1) is 9.52. The highest BCUT2D eigenvalue weighted by molar-refractivity contribution is 5.85. The predicted octanol–water partition coefficient (Wildman–Crippen LogP) is 0.997. The van der Waals surface area contributed by atoms with Crippen molar-refractivity contribution < 1.29 is 24.2 Å². The van der Waals surface area contributed by atoms with Gasteiger partial charge in [0.1, 0.15) is 0 Å². The maximum absolute atomic E-state index is 12.6. The molecule has 1 amide bonds. The van der Waals surface area contributed by atoms with Crippen LogP contribution in [0, 0.1) is 11.8 Å². The second-order valence-electron chi connectivity index (χ2n) is 5.31. The van der Waals surface area contributed by atoms with Gasteiger partial charge < -0.3 is 19.5 Å². The number of ether oxygens (including phenoxy) is 2. The number of carbonyl (C=O) groups excluding carboxylic acids is 1. The van der Waals surface area contributed by atoms with Crippen LogP contribution in [0.2, 0.25) is 0 Å². The first kappa shape index (κ1) is 16.9. The third-order valence-electron chi connectivity index (χ3n) is 3.91. The smallest absolute Gasteiger partial charge is 0.307 e. The molecule has 0 aromatic heterocycles. The standard InChI is InChI=1S/C14H25NO5/c1-10(9-20-3)15(7-8-19-2)13(16)11-5-4-6-12(11)14(17)18/h10-12H,4-9H2,1-3H3,(H,17,18)/t10?,11-,12+/m1/s1. The fourth-order valence-corrected chi connectivity index (χ4v) is 2.83. The van der Waals surface area contributed by atoms with Crippen molar-refractivity contribution in [2.24, 2.45) is 11.8 Å². The van der Waals surface area contributed by atoms with E-state index in [1.54, 1.807) is 19.1 Å². The molecule has 116 valence electrons. The number of aliphatic carboxylic acids is 1. The average Bonchev–Trinajstić information content (AvgIpc) is 2.88. The van der Waals surface area contributed by atoms with Crippen LogP contribution in [0.15, 0.2) is 0 Å². The number of carboxylic acids is 1. The maximum atomic E-state index is 12.6. The third-order valence-corrected chi connectivity index (χ3v) is 3.91. The molecule has 20 heavy (non-hydrogen) atoms. The highest BCUT2D eigenvalue weighted by atomic mass is 16.5. The Hall–Kier alpha value is -1.14. The van der Waals surface area contributed by atoms with Gasteiger partial charge in [0.05, 0.1) is 31.1 Å². The Bertz CT molecular complexity index is 334. The lowest BCUT2D eigenvalue weighted by Gasteiger charge is -2.32. The summed E-state index contributed by atoms with van der Waals surface area (Å²) >= 11 is 0. The van der Waals surface area contributed by atoms with Gasteiger partial charge in [-0.15, -0.1) is 0 Å². The quantitative estimate of drug-likeness (QED) is 0.720. The summed E-state index contributed by atoms with van der Waals surface area (Å²) in [6, 6.07) is -0.0855. The largest absolute Gasteiger partial charge is 0.481 e. The highest BCUT2D eigenvalue weighted by Gasteiger charge is 2.40. The molecule has 1 N–H and O–H groups in total. The number of carbonyl (C=O) groups is 2. The van der Waals surface area contributed by atoms with Gasteiger partial charge in [0.25, 0.3) is 0 Å². The van der Waals surface area contributed by atoms with Gasteiger partial charge in [0, 0.05) is 20.8 Å². The minimum atomic E-state index is -0.869. The summed E-state index contributed by atoms with van der Waals surface area (Å²) in [5.74, 6) is -1.92. The lowest BCUT2D eigenvalue weighted by molar-refractivity contribution is -0.150. The molecule has 1 saturated carbocycles. The molecule has 6 heteroatoms. The second kappa shape index (κ2) is 8.21. The number of rotatable bonds is 8. The fraction of sp³-hybridized carbons (Fsp3) is 0.857. The molecule has 0 radical (unpaired) electrons. The number of amides is 1. The summed E-state index contributed by atoms with van der Waals surface area (Å²) in [7, 11) is 3.17. The molecule has 0 bridgehead atoms. The van der Waals surface area contributed by atoms with E-state index in [2.05, 4.69) is 0 Å². The minimum absolute atomic E-state index is 0.0855. The fourth-order valence-electron chi connectivity index (χ4n) is 2.83. The number of carboxylic acid groups (broad SMARTS) is 1. The summed E-state index contributed by atoms with van der Waals surface area (Å²) in [5.41, 5.74) is 0. The van der Waals surface area contributed by atoms with E-state index < -0.39 is 17.8 Å². The summed E-state index contributed by atoms with van der Waals surface area (Å²) in [6.45, 7) is 3.23. The Kier molecular flexibility index (Phi) is 6.95. The van der Waals surface area contributed by atoms with Crippen molar-refractivity contribution in [2.45, 2.75) is 32.2 Å². The molecule has 1 aliphatic rings. The van der Waals surface area contributed by atoms with E-state index in [9.17, 15) is 14.7 Å². The first-order valence-corrected chi connectivity index (χ1v) is 7.04. The summed E-state index contributed by atoms with van der Waals surface area (Å²) < 4.78 is 10.1. The monoisotopic (exact) mass is 287 g/mol. The molecule has 1 unspecified atom stereocenters. The van der Waals surface area contributed by atoms with Crippen LogP contribution in [-0.2, 0) is 19.1 Å². The number of hydrogen-bond donors (Lipinski definition) is 1. The molecule has 1 rings (SSSR count). The first-order valence-electron chi connectivity index (χ1n) is 7.04. The van der Waals surface area contributed by atoms with Gasteiger partial charge in [-0.25, -0.2) is 0 Å². The van der Waals surface area contributed by atoms with Crippen LogP contribution in [0.3, 0.4) is 0 Å². The van der Waals surface area contributed by atoms with Gasteiger partial charge in [-0.2, -0.15) is 0 Å². The molecule has 0 aliphatic heterocycles. The Morgan fingerprint density at radius 3 is 2.45 bits per heavy atom. The molecule has 0 heterocycles. The number of nitrogens with zero attached hydrogens (tertiary/aromatic N) is 1. The second-order valence-corrected chi connectivity index (χ2v) is 5.31. The predicted molar refractivity (Wildman–Crippen MR) is 73.4 cm³/mol. The Morgan fingerprint density at radius 1 is 1.25 bits per heavy atom. The summed E-state index contributed by atoms with van der Waals surface area (Å²) in [4.78, 5) is 25.6. The SMILES string of the molecule is COCCN(C(=O)[C@@H]1CCC[C@@H]1C(=O)O)C(C)COC. The van der Waals surface area contributed by atoms with Gasteiger partial charge in [-0.05, 0) is 19.8 Å². The third kappa shape index (κ3) is 4.18. The van der Waals surface area contributed by atoms with Crippen molar-refractivity contribution in [1.82, 2.24) is 4.90 Å². The van der Waals surface area contributed by atoms with Crippen LogP contribution in [0.4, 0.5) is 0 Å². The van der Waals surface area contributed by atoms with Crippen LogP contribution in [0.5, 0.6) is 0 Å². The molecule has 6 nitrogen and oxygen atoms in total. The van der Waals surface area contributed by atoms with Gasteiger partial charge in [0.15, 0.2) is 0 Å². The van der Waals surface area contributed by atoms with Crippen molar-refractivity contribution in [3.8, 4) is 0 Å². The van der Waals surface area contributed by atoms with Gasteiger partial charge in [-0.1, -0.05) is 6.42 Å². The van der Waals surface area contributed by atoms with Crippen molar-refractivity contribution in [3.05, 3.63) is 0 Å². The summed E-state index contributed by atoms with van der Waals surface area (Å²) in [5, 5.41) is 9.21. The molecular formula is C14H25NO5. The van der Waals surface area contributed by atoms with Crippen molar-refractivity contribution in [2.75, 3.05) is 34.0 Å². The van der Waals surface area contributed by atoms with Crippen LogP contribution < -0.4 is 0 Å².